The minimum absolute atomic E-state index is 0.0737. The third kappa shape index (κ3) is 2.34. The predicted molar refractivity (Wildman–Crippen MR) is 90.8 cm³/mol. The van der Waals surface area contributed by atoms with Gasteiger partial charge in [-0.2, -0.15) is 5.26 Å². The van der Waals surface area contributed by atoms with Gasteiger partial charge in [0.25, 0.3) is 0 Å². The number of nitriles is 1. The van der Waals surface area contributed by atoms with E-state index in [1.807, 2.05) is 31.2 Å². The van der Waals surface area contributed by atoms with Crippen LogP contribution in [-0.2, 0) is 21.3 Å². The second-order valence-electron chi connectivity index (χ2n) is 5.98. The summed E-state index contributed by atoms with van der Waals surface area (Å²) in [4.78, 5) is 8.85. The van der Waals surface area contributed by atoms with Gasteiger partial charge in [-0.1, -0.05) is 12.1 Å². The van der Waals surface area contributed by atoms with Crippen molar-refractivity contribution in [3.63, 3.8) is 0 Å². The summed E-state index contributed by atoms with van der Waals surface area (Å²) in [5.74, 6) is 0.177. The molecule has 2 aromatic heterocycles. The Bertz CT molecular complexity index is 1140. The Morgan fingerprint density at radius 2 is 1.92 bits per heavy atom. The number of hydrogen-bond acceptors (Lipinski definition) is 5. The highest BCUT2D eigenvalue weighted by molar-refractivity contribution is 7.90. The van der Waals surface area contributed by atoms with Gasteiger partial charge in [-0.15, -0.1) is 0 Å². The molecule has 0 N–H and O–H groups in total. The molecule has 0 saturated carbocycles. The van der Waals surface area contributed by atoms with E-state index in [1.54, 1.807) is 12.3 Å². The van der Waals surface area contributed by atoms with E-state index < -0.39 is 9.84 Å². The van der Waals surface area contributed by atoms with Gasteiger partial charge in [-0.3, -0.25) is 4.98 Å². The highest BCUT2D eigenvalue weighted by Gasteiger charge is 2.25. The number of benzene rings is 1. The van der Waals surface area contributed by atoms with Crippen molar-refractivity contribution in [3.05, 3.63) is 59.0 Å². The summed E-state index contributed by atoms with van der Waals surface area (Å²) in [5.41, 5.74) is 5.26. The fourth-order valence-corrected chi connectivity index (χ4v) is 4.72. The standard InChI is InChI=1S/C18H13N3O2S/c1-11-16-5-4-15(7-19)21-18(16)17(8-20-11)12-2-3-13-9-24(22,23)10-14(13)6-12/h2-6,8H,9-10H2,1H3. The van der Waals surface area contributed by atoms with E-state index >= 15 is 0 Å². The largest absolute Gasteiger partial charge is 0.260 e. The number of rotatable bonds is 1. The van der Waals surface area contributed by atoms with Crippen molar-refractivity contribution in [2.45, 2.75) is 18.4 Å². The van der Waals surface area contributed by atoms with Crippen LogP contribution >= 0.6 is 0 Å². The van der Waals surface area contributed by atoms with Gasteiger partial charge in [0, 0.05) is 22.8 Å². The van der Waals surface area contributed by atoms with E-state index in [9.17, 15) is 8.42 Å². The van der Waals surface area contributed by atoms with Crippen LogP contribution in [0.3, 0.4) is 0 Å². The Morgan fingerprint density at radius 1 is 1.12 bits per heavy atom. The van der Waals surface area contributed by atoms with E-state index in [0.29, 0.717) is 11.2 Å². The van der Waals surface area contributed by atoms with E-state index in [4.69, 9.17) is 5.26 Å². The van der Waals surface area contributed by atoms with Crippen molar-refractivity contribution in [3.8, 4) is 17.2 Å². The van der Waals surface area contributed by atoms with Crippen molar-refractivity contribution in [2.75, 3.05) is 0 Å². The lowest BCUT2D eigenvalue weighted by molar-refractivity contribution is 0.598. The molecule has 0 aliphatic carbocycles. The van der Waals surface area contributed by atoms with Gasteiger partial charge in [0.1, 0.15) is 11.8 Å². The van der Waals surface area contributed by atoms with Gasteiger partial charge < -0.3 is 0 Å². The monoisotopic (exact) mass is 335 g/mol. The molecule has 118 valence electrons. The average molecular weight is 335 g/mol. The molecule has 1 aliphatic heterocycles. The number of fused-ring (bicyclic) bond motifs is 2. The molecule has 0 spiro atoms. The van der Waals surface area contributed by atoms with Gasteiger partial charge >= 0.3 is 0 Å². The Labute approximate surface area is 139 Å². The van der Waals surface area contributed by atoms with Gasteiger partial charge in [-0.05, 0) is 41.8 Å². The van der Waals surface area contributed by atoms with Gasteiger partial charge in [0.2, 0.25) is 0 Å². The minimum atomic E-state index is -3.04. The van der Waals surface area contributed by atoms with Crippen molar-refractivity contribution in [1.82, 2.24) is 9.97 Å². The molecule has 0 fully saturated rings. The topological polar surface area (TPSA) is 83.7 Å². The van der Waals surface area contributed by atoms with E-state index in [2.05, 4.69) is 16.0 Å². The van der Waals surface area contributed by atoms with Crippen LogP contribution in [0.25, 0.3) is 22.0 Å². The highest BCUT2D eigenvalue weighted by Crippen LogP contribution is 2.33. The van der Waals surface area contributed by atoms with Crippen LogP contribution in [0.15, 0.2) is 36.5 Å². The minimum Gasteiger partial charge on any atom is -0.260 e. The Kier molecular flexibility index (Phi) is 3.15. The molecule has 24 heavy (non-hydrogen) atoms. The van der Waals surface area contributed by atoms with Gasteiger partial charge in [0.05, 0.1) is 17.0 Å². The molecule has 1 aromatic carbocycles. The van der Waals surface area contributed by atoms with Crippen molar-refractivity contribution in [1.29, 1.82) is 5.26 Å². The molecule has 0 saturated heterocycles. The lowest BCUT2D eigenvalue weighted by Crippen LogP contribution is -1.95. The molecule has 0 amide bonds. The lowest BCUT2D eigenvalue weighted by Gasteiger charge is -2.09. The second kappa shape index (κ2) is 5.11. The summed E-state index contributed by atoms with van der Waals surface area (Å²) >= 11 is 0. The molecule has 6 heteroatoms. The smallest absolute Gasteiger partial charge is 0.158 e. The van der Waals surface area contributed by atoms with Crippen LogP contribution in [-0.4, -0.2) is 18.4 Å². The quantitative estimate of drug-likeness (QED) is 0.683. The fourth-order valence-electron chi connectivity index (χ4n) is 3.12. The number of aromatic nitrogens is 2. The summed E-state index contributed by atoms with van der Waals surface area (Å²) < 4.78 is 23.6. The number of pyridine rings is 2. The van der Waals surface area contributed by atoms with Crippen LogP contribution < -0.4 is 0 Å². The van der Waals surface area contributed by atoms with Crippen LogP contribution in [0.5, 0.6) is 0 Å². The molecule has 5 nitrogen and oxygen atoms in total. The third-order valence-corrected chi connectivity index (χ3v) is 5.81. The van der Waals surface area contributed by atoms with Gasteiger partial charge in [-0.25, -0.2) is 13.4 Å². The lowest BCUT2D eigenvalue weighted by atomic mass is 9.99. The maximum absolute atomic E-state index is 11.8. The molecule has 0 bridgehead atoms. The first-order chi connectivity index (χ1) is 11.5. The number of sulfone groups is 1. The Balaban J connectivity index is 1.95. The molecular weight excluding hydrogens is 322 g/mol. The maximum atomic E-state index is 11.8. The molecule has 0 unspecified atom stereocenters. The summed E-state index contributed by atoms with van der Waals surface area (Å²) in [6, 6.07) is 11.2. The van der Waals surface area contributed by atoms with Crippen molar-refractivity contribution in [2.24, 2.45) is 0 Å². The van der Waals surface area contributed by atoms with Crippen LogP contribution in [0.1, 0.15) is 22.5 Å². The summed E-state index contributed by atoms with van der Waals surface area (Å²) in [6.07, 6.45) is 1.73. The van der Waals surface area contributed by atoms with E-state index in [1.165, 1.54) is 0 Å². The van der Waals surface area contributed by atoms with Crippen molar-refractivity contribution >= 4 is 20.7 Å². The van der Waals surface area contributed by atoms with Crippen LogP contribution in [0.4, 0.5) is 0 Å². The first-order valence-corrected chi connectivity index (χ1v) is 9.28. The zero-order chi connectivity index (χ0) is 16.9. The molecule has 0 radical (unpaired) electrons. The summed E-state index contributed by atoms with van der Waals surface area (Å²) in [7, 11) is -3.04. The molecule has 3 heterocycles. The Hall–Kier alpha value is -2.78. The molecule has 0 atom stereocenters. The zero-order valence-electron chi connectivity index (χ0n) is 12.9. The highest BCUT2D eigenvalue weighted by atomic mass is 32.2. The molecule has 4 rings (SSSR count). The zero-order valence-corrected chi connectivity index (χ0v) is 13.8. The summed E-state index contributed by atoms with van der Waals surface area (Å²) in [5, 5.41) is 10.0. The Morgan fingerprint density at radius 3 is 2.71 bits per heavy atom. The van der Waals surface area contributed by atoms with Gasteiger partial charge in [0.15, 0.2) is 9.84 Å². The average Bonchev–Trinajstić information content (AvgIpc) is 2.87. The normalized spacial score (nSPS) is 15.2. The maximum Gasteiger partial charge on any atom is 0.158 e. The van der Waals surface area contributed by atoms with Crippen LogP contribution in [0, 0.1) is 18.3 Å². The predicted octanol–water partition coefficient (Wildman–Crippen LogP) is 2.91. The fraction of sp³-hybridized carbons (Fsp3) is 0.167. The number of aryl methyl sites for hydroxylation is 1. The number of hydrogen-bond donors (Lipinski definition) is 0. The van der Waals surface area contributed by atoms with E-state index in [-0.39, 0.29) is 11.5 Å². The number of nitrogens with zero attached hydrogens (tertiary/aromatic N) is 3. The summed E-state index contributed by atoms with van der Waals surface area (Å²) in [6.45, 7) is 1.90. The SMILES string of the molecule is Cc1ncc(-c2ccc3c(c2)CS(=O)(=O)C3)c2nc(C#N)ccc12. The first-order valence-electron chi connectivity index (χ1n) is 7.46. The molecule has 3 aromatic rings. The van der Waals surface area contributed by atoms with Crippen LogP contribution in [0.2, 0.25) is 0 Å². The van der Waals surface area contributed by atoms with E-state index in [0.717, 1.165) is 33.3 Å². The van der Waals surface area contributed by atoms with Crippen molar-refractivity contribution < 1.29 is 8.42 Å². The molecular formula is C18H13N3O2S. The molecule has 1 aliphatic rings. The first kappa shape index (κ1) is 14.8. The second-order valence-corrected chi connectivity index (χ2v) is 8.04. The third-order valence-electron chi connectivity index (χ3n) is 4.31.